The second-order valence-electron chi connectivity index (χ2n) is 5.60. The molecule has 3 nitrogen and oxygen atoms in total. The molecule has 1 aromatic rings. The molecule has 0 spiro atoms. The van der Waals surface area contributed by atoms with Gasteiger partial charge in [0.2, 0.25) is 0 Å². The van der Waals surface area contributed by atoms with Crippen molar-refractivity contribution in [1.29, 1.82) is 0 Å². The monoisotopic (exact) mass is 242 g/mol. The SMILES string of the molecule is Cc1ccc(/C=C2/N=C(C(C)(C)C)NC2=O)cc1. The number of carbonyl (C=O) groups excluding carboxylic acids is 1. The van der Waals surface area contributed by atoms with Gasteiger partial charge in [0.15, 0.2) is 0 Å². The summed E-state index contributed by atoms with van der Waals surface area (Å²) in [5.41, 5.74) is 2.53. The van der Waals surface area contributed by atoms with Crippen LogP contribution in [0.3, 0.4) is 0 Å². The third-order valence-electron chi connectivity index (χ3n) is 2.79. The molecule has 94 valence electrons. The van der Waals surface area contributed by atoms with Crippen molar-refractivity contribution in [3.8, 4) is 0 Å². The Bertz CT molecular complexity index is 531. The molecule has 0 fully saturated rings. The van der Waals surface area contributed by atoms with Gasteiger partial charge in [-0.05, 0) is 18.6 Å². The summed E-state index contributed by atoms with van der Waals surface area (Å²) in [6.07, 6.45) is 1.81. The van der Waals surface area contributed by atoms with Crippen LogP contribution in [0.1, 0.15) is 31.9 Å². The highest BCUT2D eigenvalue weighted by molar-refractivity contribution is 6.15. The zero-order valence-corrected chi connectivity index (χ0v) is 11.2. The van der Waals surface area contributed by atoms with E-state index in [9.17, 15) is 4.79 Å². The summed E-state index contributed by atoms with van der Waals surface area (Å²) in [5.74, 6) is 0.603. The van der Waals surface area contributed by atoms with Crippen LogP contribution >= 0.6 is 0 Å². The largest absolute Gasteiger partial charge is 0.308 e. The molecule has 0 atom stereocenters. The number of benzene rings is 1. The fourth-order valence-electron chi connectivity index (χ4n) is 1.64. The van der Waals surface area contributed by atoms with Crippen molar-refractivity contribution in [2.45, 2.75) is 27.7 Å². The summed E-state index contributed by atoms with van der Waals surface area (Å²) >= 11 is 0. The van der Waals surface area contributed by atoms with Crippen LogP contribution in [0.4, 0.5) is 0 Å². The first kappa shape index (κ1) is 12.6. The highest BCUT2D eigenvalue weighted by atomic mass is 16.2. The zero-order valence-electron chi connectivity index (χ0n) is 11.2. The van der Waals surface area contributed by atoms with Crippen molar-refractivity contribution in [3.05, 3.63) is 41.1 Å². The minimum atomic E-state index is -0.140. The molecule has 0 aliphatic carbocycles. The number of amides is 1. The van der Waals surface area contributed by atoms with E-state index < -0.39 is 0 Å². The predicted molar refractivity (Wildman–Crippen MR) is 74.2 cm³/mol. The van der Waals surface area contributed by atoms with Crippen LogP contribution in [0.5, 0.6) is 0 Å². The maximum atomic E-state index is 11.8. The first-order chi connectivity index (χ1) is 8.36. The Hall–Kier alpha value is -1.90. The number of hydrogen-bond acceptors (Lipinski definition) is 2. The molecule has 1 aromatic carbocycles. The van der Waals surface area contributed by atoms with E-state index >= 15 is 0 Å². The average Bonchev–Trinajstić information content (AvgIpc) is 2.63. The molecule has 18 heavy (non-hydrogen) atoms. The smallest absolute Gasteiger partial charge is 0.275 e. The van der Waals surface area contributed by atoms with Gasteiger partial charge in [0.1, 0.15) is 11.5 Å². The van der Waals surface area contributed by atoms with E-state index in [1.165, 1.54) is 5.56 Å². The van der Waals surface area contributed by atoms with Crippen LogP contribution < -0.4 is 5.32 Å². The molecule has 0 unspecified atom stereocenters. The Morgan fingerprint density at radius 2 is 1.78 bits per heavy atom. The van der Waals surface area contributed by atoms with Crippen LogP contribution in [-0.4, -0.2) is 11.7 Å². The lowest BCUT2D eigenvalue weighted by Gasteiger charge is -2.16. The molecule has 3 heteroatoms. The highest BCUT2D eigenvalue weighted by Gasteiger charge is 2.28. The van der Waals surface area contributed by atoms with Crippen molar-refractivity contribution >= 4 is 17.8 Å². The van der Waals surface area contributed by atoms with Crippen molar-refractivity contribution in [2.75, 3.05) is 0 Å². The lowest BCUT2D eigenvalue weighted by Crippen LogP contribution is -2.34. The first-order valence-electron chi connectivity index (χ1n) is 6.05. The van der Waals surface area contributed by atoms with Crippen LogP contribution in [-0.2, 0) is 4.79 Å². The summed E-state index contributed by atoms with van der Waals surface area (Å²) in [4.78, 5) is 16.2. The summed E-state index contributed by atoms with van der Waals surface area (Å²) in [7, 11) is 0. The number of rotatable bonds is 1. The Kier molecular flexibility index (Phi) is 3.07. The predicted octanol–water partition coefficient (Wildman–Crippen LogP) is 2.91. The number of carbonyl (C=O) groups is 1. The molecule has 1 amide bonds. The quantitative estimate of drug-likeness (QED) is 0.756. The maximum absolute atomic E-state index is 11.8. The molecule has 0 radical (unpaired) electrons. The Morgan fingerprint density at radius 1 is 1.17 bits per heavy atom. The molecular formula is C15H18N2O. The van der Waals surface area contributed by atoms with Gasteiger partial charge in [-0.2, -0.15) is 0 Å². The topological polar surface area (TPSA) is 41.5 Å². The standard InChI is InChI=1S/C15H18N2O/c1-10-5-7-11(8-6-10)9-12-13(18)17-14(16-12)15(2,3)4/h5-9H,1-4H3,(H,16,17,18)/b12-9+. The first-order valence-corrected chi connectivity index (χ1v) is 6.05. The Morgan fingerprint density at radius 3 is 2.28 bits per heavy atom. The third kappa shape index (κ3) is 2.67. The van der Waals surface area contributed by atoms with Crippen molar-refractivity contribution in [2.24, 2.45) is 10.4 Å². The summed E-state index contributed by atoms with van der Waals surface area (Å²) < 4.78 is 0. The van der Waals surface area contributed by atoms with Crippen molar-refractivity contribution in [3.63, 3.8) is 0 Å². The number of aryl methyl sites for hydroxylation is 1. The fourth-order valence-corrected chi connectivity index (χ4v) is 1.64. The van der Waals surface area contributed by atoms with Crippen molar-refractivity contribution in [1.82, 2.24) is 5.32 Å². The van der Waals surface area contributed by atoms with Gasteiger partial charge in [-0.25, -0.2) is 4.99 Å². The highest BCUT2D eigenvalue weighted by Crippen LogP contribution is 2.21. The Labute approximate surface area is 108 Å². The van der Waals surface area contributed by atoms with Gasteiger partial charge in [0.25, 0.3) is 5.91 Å². The van der Waals surface area contributed by atoms with Crippen molar-refractivity contribution < 1.29 is 4.79 Å². The van der Waals surface area contributed by atoms with E-state index in [4.69, 9.17) is 0 Å². The van der Waals surface area contributed by atoms with Gasteiger partial charge in [-0.1, -0.05) is 50.6 Å². The van der Waals surface area contributed by atoms with E-state index in [0.29, 0.717) is 5.70 Å². The molecule has 1 aliphatic heterocycles. The van der Waals surface area contributed by atoms with Gasteiger partial charge < -0.3 is 5.32 Å². The van der Waals surface area contributed by atoms with Crippen LogP contribution in [0, 0.1) is 12.3 Å². The van der Waals surface area contributed by atoms with Gasteiger partial charge in [0, 0.05) is 5.41 Å². The van der Waals surface area contributed by atoms with E-state index in [0.717, 1.165) is 11.4 Å². The van der Waals surface area contributed by atoms with Gasteiger partial charge in [0.05, 0.1) is 0 Å². The molecule has 0 saturated carbocycles. The van der Waals surface area contributed by atoms with Gasteiger partial charge in [-0.15, -0.1) is 0 Å². The number of aliphatic imine (C=N–C) groups is 1. The maximum Gasteiger partial charge on any atom is 0.275 e. The second kappa shape index (κ2) is 4.41. The molecule has 1 heterocycles. The van der Waals surface area contributed by atoms with E-state index in [2.05, 4.69) is 10.3 Å². The number of nitrogens with one attached hydrogen (secondary N) is 1. The molecule has 0 bridgehead atoms. The molecule has 0 aromatic heterocycles. The summed E-state index contributed by atoms with van der Waals surface area (Å²) in [6, 6.07) is 8.02. The molecule has 2 rings (SSSR count). The zero-order chi connectivity index (χ0) is 13.3. The summed E-state index contributed by atoms with van der Waals surface area (Å²) in [6.45, 7) is 8.12. The Balaban J connectivity index is 2.31. The van der Waals surface area contributed by atoms with E-state index in [1.54, 1.807) is 0 Å². The molecule has 1 aliphatic rings. The molecule has 0 saturated heterocycles. The summed E-state index contributed by atoms with van der Waals surface area (Å²) in [5, 5.41) is 2.82. The number of hydrogen-bond donors (Lipinski definition) is 1. The fraction of sp³-hybridized carbons (Fsp3) is 0.333. The minimum absolute atomic E-state index is 0.125. The number of amidine groups is 1. The normalized spacial score (nSPS) is 17.9. The van der Waals surface area contributed by atoms with Gasteiger partial charge >= 0.3 is 0 Å². The minimum Gasteiger partial charge on any atom is -0.308 e. The van der Waals surface area contributed by atoms with Crippen LogP contribution in [0.2, 0.25) is 0 Å². The van der Waals surface area contributed by atoms with E-state index in [-0.39, 0.29) is 11.3 Å². The lowest BCUT2D eigenvalue weighted by molar-refractivity contribution is -0.115. The second-order valence-corrected chi connectivity index (χ2v) is 5.60. The van der Waals surface area contributed by atoms with Crippen LogP contribution in [0.15, 0.2) is 35.0 Å². The van der Waals surface area contributed by atoms with Crippen LogP contribution in [0.25, 0.3) is 6.08 Å². The average molecular weight is 242 g/mol. The number of nitrogens with zero attached hydrogens (tertiary/aromatic N) is 1. The third-order valence-corrected chi connectivity index (χ3v) is 2.79. The molecular weight excluding hydrogens is 224 g/mol. The molecule has 1 N–H and O–H groups in total. The lowest BCUT2D eigenvalue weighted by atomic mass is 9.95. The van der Waals surface area contributed by atoms with Gasteiger partial charge in [-0.3, -0.25) is 4.79 Å². The van der Waals surface area contributed by atoms with E-state index in [1.807, 2.05) is 58.0 Å².